The summed E-state index contributed by atoms with van der Waals surface area (Å²) >= 11 is 3.50. The minimum atomic E-state index is 0.457. The lowest BCUT2D eigenvalue weighted by atomic mass is 10.1. The van der Waals surface area contributed by atoms with E-state index in [1.54, 1.807) is 21.7 Å². The molecule has 0 spiro atoms. The Hall–Kier alpha value is -3.26. The number of ether oxygens (including phenoxy) is 1. The van der Waals surface area contributed by atoms with E-state index >= 15 is 0 Å². The van der Waals surface area contributed by atoms with Crippen molar-refractivity contribution < 1.29 is 4.74 Å². The molecular formula is C20H15BrN6O. The summed E-state index contributed by atoms with van der Waals surface area (Å²) < 4.78 is 10.3. The second kappa shape index (κ2) is 6.72. The Morgan fingerprint density at radius 2 is 1.96 bits per heavy atom. The van der Waals surface area contributed by atoms with Crippen LogP contribution in [0.2, 0.25) is 0 Å². The third-order valence-electron chi connectivity index (χ3n) is 4.49. The van der Waals surface area contributed by atoms with Gasteiger partial charge in [-0.3, -0.25) is 4.68 Å². The minimum Gasteiger partial charge on any atom is -0.488 e. The van der Waals surface area contributed by atoms with E-state index in [0.717, 1.165) is 38.0 Å². The number of hydrogen-bond donors (Lipinski definition) is 0. The van der Waals surface area contributed by atoms with Crippen molar-refractivity contribution in [1.82, 2.24) is 29.4 Å². The number of aromatic nitrogens is 6. The van der Waals surface area contributed by atoms with E-state index in [-0.39, 0.29) is 0 Å². The highest BCUT2D eigenvalue weighted by Crippen LogP contribution is 2.26. The number of aryl methyl sites for hydroxylation is 1. The summed E-state index contributed by atoms with van der Waals surface area (Å²) in [5, 5.41) is 9.70. The zero-order valence-corrected chi connectivity index (χ0v) is 16.5. The van der Waals surface area contributed by atoms with Crippen LogP contribution in [0.5, 0.6) is 5.75 Å². The first-order valence-electron chi connectivity index (χ1n) is 8.69. The molecule has 0 aliphatic rings. The number of para-hydroxylation sites is 1. The van der Waals surface area contributed by atoms with E-state index in [1.165, 1.54) is 0 Å². The summed E-state index contributed by atoms with van der Waals surface area (Å²) in [4.78, 5) is 9.11. The molecule has 0 fully saturated rings. The highest BCUT2D eigenvalue weighted by molar-refractivity contribution is 9.10. The lowest BCUT2D eigenvalue weighted by Gasteiger charge is -2.08. The summed E-state index contributed by atoms with van der Waals surface area (Å²) in [6, 6.07) is 15.8. The molecular weight excluding hydrogens is 420 g/mol. The Bertz CT molecular complexity index is 1310. The van der Waals surface area contributed by atoms with Gasteiger partial charge in [0, 0.05) is 12.6 Å². The number of halogens is 1. The SMILES string of the molecule is Cn1ncc2c1ncn1nc(-c3cccc(COc4ccccc4Br)c3)nc21. The first kappa shape index (κ1) is 16.9. The maximum atomic E-state index is 5.92. The van der Waals surface area contributed by atoms with Gasteiger partial charge in [-0.1, -0.05) is 30.3 Å². The Morgan fingerprint density at radius 1 is 1.07 bits per heavy atom. The summed E-state index contributed by atoms with van der Waals surface area (Å²) in [6.45, 7) is 0.457. The topological polar surface area (TPSA) is 70.1 Å². The first-order valence-corrected chi connectivity index (χ1v) is 9.48. The third kappa shape index (κ3) is 2.91. The molecule has 5 aromatic rings. The standard InChI is InChI=1S/C20H15BrN6O/c1-26-19-15(10-23-26)20-24-18(25-27(20)12-22-19)14-6-4-5-13(9-14)11-28-17-8-3-2-7-16(17)21/h2-10,12H,11H2,1H3. The monoisotopic (exact) mass is 434 g/mol. The van der Waals surface area contributed by atoms with Crippen molar-refractivity contribution in [2.75, 3.05) is 0 Å². The van der Waals surface area contributed by atoms with Crippen LogP contribution in [-0.2, 0) is 13.7 Å². The molecule has 0 aliphatic heterocycles. The molecule has 0 aliphatic carbocycles. The smallest absolute Gasteiger partial charge is 0.182 e. The zero-order valence-electron chi connectivity index (χ0n) is 15.0. The van der Waals surface area contributed by atoms with Crippen LogP contribution in [0.3, 0.4) is 0 Å². The van der Waals surface area contributed by atoms with Gasteiger partial charge in [-0.05, 0) is 39.7 Å². The van der Waals surface area contributed by atoms with Crippen molar-refractivity contribution in [1.29, 1.82) is 0 Å². The average Bonchev–Trinajstić information content (AvgIpc) is 3.31. The van der Waals surface area contributed by atoms with E-state index in [9.17, 15) is 0 Å². The second-order valence-electron chi connectivity index (χ2n) is 6.37. The van der Waals surface area contributed by atoms with Crippen molar-refractivity contribution in [3.05, 3.63) is 71.1 Å². The maximum Gasteiger partial charge on any atom is 0.182 e. The predicted molar refractivity (Wildman–Crippen MR) is 109 cm³/mol. The van der Waals surface area contributed by atoms with Crippen LogP contribution in [0.4, 0.5) is 0 Å². The normalized spacial score (nSPS) is 11.4. The number of hydrogen-bond acceptors (Lipinski definition) is 5. The van der Waals surface area contributed by atoms with Gasteiger partial charge in [0.15, 0.2) is 17.1 Å². The van der Waals surface area contributed by atoms with Gasteiger partial charge < -0.3 is 4.74 Å². The maximum absolute atomic E-state index is 5.92. The van der Waals surface area contributed by atoms with Crippen LogP contribution >= 0.6 is 15.9 Å². The fourth-order valence-electron chi connectivity index (χ4n) is 3.08. The number of rotatable bonds is 4. The molecule has 5 rings (SSSR count). The highest BCUT2D eigenvalue weighted by Gasteiger charge is 2.13. The molecule has 0 saturated carbocycles. The summed E-state index contributed by atoms with van der Waals surface area (Å²) in [6.07, 6.45) is 3.42. The van der Waals surface area contributed by atoms with Gasteiger partial charge in [-0.2, -0.15) is 5.10 Å². The Labute approximate surface area is 168 Å². The fourth-order valence-corrected chi connectivity index (χ4v) is 3.48. The van der Waals surface area contributed by atoms with E-state index in [2.05, 4.69) is 31.1 Å². The minimum absolute atomic E-state index is 0.457. The van der Waals surface area contributed by atoms with Crippen LogP contribution in [0.15, 0.2) is 65.5 Å². The molecule has 138 valence electrons. The number of nitrogens with zero attached hydrogens (tertiary/aromatic N) is 6. The average molecular weight is 435 g/mol. The van der Waals surface area contributed by atoms with Gasteiger partial charge in [-0.15, -0.1) is 5.10 Å². The molecule has 3 heterocycles. The molecule has 0 radical (unpaired) electrons. The van der Waals surface area contributed by atoms with Crippen LogP contribution < -0.4 is 4.74 Å². The lowest BCUT2D eigenvalue weighted by molar-refractivity contribution is 0.304. The Kier molecular flexibility index (Phi) is 4.05. The number of benzene rings is 2. The quantitative estimate of drug-likeness (QED) is 0.427. The Morgan fingerprint density at radius 3 is 2.86 bits per heavy atom. The van der Waals surface area contributed by atoms with Crippen molar-refractivity contribution in [2.24, 2.45) is 7.05 Å². The summed E-state index contributed by atoms with van der Waals surface area (Å²) in [7, 11) is 1.86. The lowest BCUT2D eigenvalue weighted by Crippen LogP contribution is -1.96. The molecule has 0 bridgehead atoms. The highest BCUT2D eigenvalue weighted by atomic mass is 79.9. The van der Waals surface area contributed by atoms with Gasteiger partial charge in [0.25, 0.3) is 0 Å². The van der Waals surface area contributed by atoms with Crippen molar-refractivity contribution in [3.8, 4) is 17.1 Å². The summed E-state index contributed by atoms with van der Waals surface area (Å²) in [5.41, 5.74) is 3.48. The molecule has 8 heteroatoms. The summed E-state index contributed by atoms with van der Waals surface area (Å²) in [5.74, 6) is 1.45. The van der Waals surface area contributed by atoms with Crippen LogP contribution in [0.25, 0.3) is 28.1 Å². The zero-order chi connectivity index (χ0) is 19.1. The Balaban J connectivity index is 1.47. The van der Waals surface area contributed by atoms with E-state index < -0.39 is 0 Å². The van der Waals surface area contributed by atoms with Crippen molar-refractivity contribution >= 4 is 32.6 Å². The number of fused-ring (bicyclic) bond motifs is 3. The predicted octanol–water partition coefficient (Wildman–Crippen LogP) is 4.02. The largest absolute Gasteiger partial charge is 0.488 e. The first-order chi connectivity index (χ1) is 13.7. The van der Waals surface area contributed by atoms with Crippen LogP contribution in [-0.4, -0.2) is 29.4 Å². The molecule has 3 aromatic heterocycles. The third-order valence-corrected chi connectivity index (χ3v) is 5.14. The van der Waals surface area contributed by atoms with Gasteiger partial charge in [-0.25, -0.2) is 14.5 Å². The van der Waals surface area contributed by atoms with E-state index in [0.29, 0.717) is 12.4 Å². The van der Waals surface area contributed by atoms with Gasteiger partial charge in [0.05, 0.1) is 16.1 Å². The van der Waals surface area contributed by atoms with Gasteiger partial charge >= 0.3 is 0 Å². The molecule has 0 amide bonds. The molecule has 28 heavy (non-hydrogen) atoms. The van der Waals surface area contributed by atoms with Gasteiger partial charge in [0.2, 0.25) is 0 Å². The van der Waals surface area contributed by atoms with Crippen LogP contribution in [0.1, 0.15) is 5.56 Å². The van der Waals surface area contributed by atoms with Crippen LogP contribution in [0, 0.1) is 0 Å². The van der Waals surface area contributed by atoms with Gasteiger partial charge in [0.1, 0.15) is 18.7 Å². The molecule has 0 unspecified atom stereocenters. The molecule has 0 atom stereocenters. The van der Waals surface area contributed by atoms with Crippen molar-refractivity contribution in [3.63, 3.8) is 0 Å². The molecule has 0 saturated heterocycles. The molecule has 2 aromatic carbocycles. The molecule has 0 N–H and O–H groups in total. The van der Waals surface area contributed by atoms with Crippen molar-refractivity contribution in [2.45, 2.75) is 6.61 Å². The molecule has 7 nitrogen and oxygen atoms in total. The second-order valence-corrected chi connectivity index (χ2v) is 7.23. The fraction of sp³-hybridized carbons (Fsp3) is 0.100. The van der Waals surface area contributed by atoms with E-state index in [1.807, 2.05) is 55.6 Å². The van der Waals surface area contributed by atoms with E-state index in [4.69, 9.17) is 9.72 Å².